The molecule has 5 heteroatoms. The Labute approximate surface area is 114 Å². The molecule has 0 aliphatic carbocycles. The average molecular weight is 308 g/mol. The number of halogens is 1. The summed E-state index contributed by atoms with van der Waals surface area (Å²) < 4.78 is 6.46. The third kappa shape index (κ3) is 2.42. The van der Waals surface area contributed by atoms with Gasteiger partial charge in [-0.25, -0.2) is 0 Å². The molecule has 2 aromatic rings. The minimum absolute atomic E-state index is 0.283. The minimum Gasteiger partial charge on any atom is -0.429 e. The number of nitrogens with two attached hydrogens (primary N) is 1. The Bertz CT molecular complexity index is 550. The molecular formula is C13H14BrN3O. The summed E-state index contributed by atoms with van der Waals surface area (Å²) in [5.41, 5.74) is 7.86. The monoisotopic (exact) mass is 307 g/mol. The SMILES string of the molecule is Nc1nc2c(o1)CCN(Cc1ccc(Br)cc1)C2. The molecule has 94 valence electrons. The van der Waals surface area contributed by atoms with E-state index < -0.39 is 0 Å². The van der Waals surface area contributed by atoms with E-state index in [2.05, 4.69) is 50.1 Å². The smallest absolute Gasteiger partial charge is 0.292 e. The lowest BCUT2D eigenvalue weighted by Gasteiger charge is -2.25. The summed E-state index contributed by atoms with van der Waals surface area (Å²) >= 11 is 3.44. The molecule has 2 heterocycles. The molecule has 4 nitrogen and oxygen atoms in total. The molecule has 1 aromatic heterocycles. The third-order valence-electron chi connectivity index (χ3n) is 3.14. The Morgan fingerprint density at radius 3 is 2.89 bits per heavy atom. The Morgan fingerprint density at radius 2 is 2.11 bits per heavy atom. The zero-order chi connectivity index (χ0) is 12.5. The van der Waals surface area contributed by atoms with Crippen molar-refractivity contribution >= 4 is 21.9 Å². The van der Waals surface area contributed by atoms with Crippen molar-refractivity contribution in [1.82, 2.24) is 9.88 Å². The van der Waals surface area contributed by atoms with Crippen LogP contribution in [0.25, 0.3) is 0 Å². The third-order valence-corrected chi connectivity index (χ3v) is 3.67. The van der Waals surface area contributed by atoms with Crippen LogP contribution < -0.4 is 5.73 Å². The molecule has 0 radical (unpaired) electrons. The van der Waals surface area contributed by atoms with Gasteiger partial charge in [0.1, 0.15) is 5.76 Å². The molecule has 0 saturated carbocycles. The number of oxazole rings is 1. The molecule has 1 aliphatic rings. The highest BCUT2D eigenvalue weighted by molar-refractivity contribution is 9.10. The molecule has 18 heavy (non-hydrogen) atoms. The molecule has 0 saturated heterocycles. The summed E-state index contributed by atoms with van der Waals surface area (Å²) in [7, 11) is 0. The molecule has 0 atom stereocenters. The molecule has 0 unspecified atom stereocenters. The average Bonchev–Trinajstić information content (AvgIpc) is 2.71. The van der Waals surface area contributed by atoms with Gasteiger partial charge in [-0.05, 0) is 17.7 Å². The summed E-state index contributed by atoms with van der Waals surface area (Å²) in [4.78, 5) is 6.57. The van der Waals surface area contributed by atoms with Crippen LogP contribution in [0.15, 0.2) is 33.2 Å². The topological polar surface area (TPSA) is 55.3 Å². The van der Waals surface area contributed by atoms with E-state index in [1.54, 1.807) is 0 Å². The lowest BCUT2D eigenvalue weighted by molar-refractivity contribution is 0.232. The lowest BCUT2D eigenvalue weighted by Crippen LogP contribution is -2.29. The van der Waals surface area contributed by atoms with Crippen LogP contribution in [0, 0.1) is 0 Å². The van der Waals surface area contributed by atoms with Crippen LogP contribution in [0.2, 0.25) is 0 Å². The lowest BCUT2D eigenvalue weighted by atomic mass is 10.1. The number of nitrogen functional groups attached to an aromatic ring is 1. The number of benzene rings is 1. The van der Waals surface area contributed by atoms with E-state index in [0.717, 1.165) is 42.0 Å². The molecule has 0 spiro atoms. The van der Waals surface area contributed by atoms with Gasteiger partial charge < -0.3 is 10.2 Å². The van der Waals surface area contributed by atoms with E-state index in [-0.39, 0.29) is 6.01 Å². The fourth-order valence-electron chi connectivity index (χ4n) is 2.26. The van der Waals surface area contributed by atoms with Crippen molar-refractivity contribution in [3.05, 3.63) is 45.8 Å². The first-order chi connectivity index (χ1) is 8.70. The second-order valence-corrected chi connectivity index (χ2v) is 5.42. The molecule has 0 bridgehead atoms. The van der Waals surface area contributed by atoms with Gasteiger partial charge in [0.15, 0.2) is 0 Å². The van der Waals surface area contributed by atoms with Crippen molar-refractivity contribution in [2.24, 2.45) is 0 Å². The van der Waals surface area contributed by atoms with Crippen molar-refractivity contribution in [2.75, 3.05) is 12.3 Å². The summed E-state index contributed by atoms with van der Waals surface area (Å²) in [5.74, 6) is 0.944. The van der Waals surface area contributed by atoms with Crippen molar-refractivity contribution < 1.29 is 4.42 Å². The molecule has 0 amide bonds. The van der Waals surface area contributed by atoms with E-state index in [4.69, 9.17) is 10.2 Å². The first-order valence-electron chi connectivity index (χ1n) is 5.91. The van der Waals surface area contributed by atoms with Crippen molar-refractivity contribution in [3.8, 4) is 0 Å². The highest BCUT2D eigenvalue weighted by atomic mass is 79.9. The van der Waals surface area contributed by atoms with Crippen LogP contribution in [0.3, 0.4) is 0 Å². The maximum atomic E-state index is 5.57. The second kappa shape index (κ2) is 4.74. The maximum Gasteiger partial charge on any atom is 0.292 e. The Kier molecular flexibility index (Phi) is 3.09. The van der Waals surface area contributed by atoms with Crippen molar-refractivity contribution in [1.29, 1.82) is 0 Å². The van der Waals surface area contributed by atoms with Gasteiger partial charge in [0, 0.05) is 30.5 Å². The van der Waals surface area contributed by atoms with Crippen LogP contribution in [-0.2, 0) is 19.5 Å². The molecular weight excluding hydrogens is 294 g/mol. The van der Waals surface area contributed by atoms with E-state index in [9.17, 15) is 0 Å². The van der Waals surface area contributed by atoms with Crippen LogP contribution in [-0.4, -0.2) is 16.4 Å². The molecule has 0 fully saturated rings. The van der Waals surface area contributed by atoms with Crippen molar-refractivity contribution in [3.63, 3.8) is 0 Å². The van der Waals surface area contributed by atoms with Gasteiger partial charge in [-0.2, -0.15) is 4.98 Å². The first kappa shape index (κ1) is 11.7. The van der Waals surface area contributed by atoms with Gasteiger partial charge in [-0.1, -0.05) is 28.1 Å². The summed E-state index contributed by atoms with van der Waals surface area (Å²) in [6, 6.07) is 8.69. The summed E-state index contributed by atoms with van der Waals surface area (Å²) in [6.07, 6.45) is 0.885. The largest absolute Gasteiger partial charge is 0.429 e. The molecule has 2 N–H and O–H groups in total. The number of aromatic nitrogens is 1. The van der Waals surface area contributed by atoms with Crippen LogP contribution in [0.1, 0.15) is 17.0 Å². The minimum atomic E-state index is 0.283. The van der Waals surface area contributed by atoms with Gasteiger partial charge in [-0.3, -0.25) is 4.90 Å². The van der Waals surface area contributed by atoms with Gasteiger partial charge >= 0.3 is 0 Å². The number of nitrogens with zero attached hydrogens (tertiary/aromatic N) is 2. The predicted molar refractivity (Wildman–Crippen MR) is 72.9 cm³/mol. The zero-order valence-corrected chi connectivity index (χ0v) is 11.5. The Hall–Kier alpha value is -1.33. The number of hydrogen-bond donors (Lipinski definition) is 1. The highest BCUT2D eigenvalue weighted by Crippen LogP contribution is 2.22. The van der Waals surface area contributed by atoms with Crippen LogP contribution in [0.4, 0.5) is 6.01 Å². The van der Waals surface area contributed by atoms with Gasteiger partial charge in [0.2, 0.25) is 0 Å². The normalized spacial score (nSPS) is 15.6. The number of rotatable bonds is 2. The molecule has 3 rings (SSSR count). The van der Waals surface area contributed by atoms with Gasteiger partial charge in [0.05, 0.1) is 5.69 Å². The van der Waals surface area contributed by atoms with Crippen LogP contribution >= 0.6 is 15.9 Å². The number of anilines is 1. The quantitative estimate of drug-likeness (QED) is 0.926. The summed E-state index contributed by atoms with van der Waals surface area (Å²) in [6.45, 7) is 2.73. The Balaban J connectivity index is 1.70. The van der Waals surface area contributed by atoms with Crippen LogP contribution in [0.5, 0.6) is 0 Å². The molecule has 1 aromatic carbocycles. The van der Waals surface area contributed by atoms with E-state index in [1.807, 2.05) is 0 Å². The molecule has 1 aliphatic heterocycles. The van der Waals surface area contributed by atoms with Crippen molar-refractivity contribution in [2.45, 2.75) is 19.5 Å². The fourth-order valence-corrected chi connectivity index (χ4v) is 2.52. The van der Waals surface area contributed by atoms with Gasteiger partial charge in [0.25, 0.3) is 6.01 Å². The number of hydrogen-bond acceptors (Lipinski definition) is 4. The standard InChI is InChI=1S/C13H14BrN3O/c14-10-3-1-9(2-4-10)7-17-6-5-12-11(8-17)16-13(15)18-12/h1-4H,5-8H2,(H2,15,16). The Morgan fingerprint density at radius 1 is 1.33 bits per heavy atom. The van der Waals surface area contributed by atoms with E-state index in [1.165, 1.54) is 5.56 Å². The van der Waals surface area contributed by atoms with E-state index in [0.29, 0.717) is 0 Å². The van der Waals surface area contributed by atoms with E-state index >= 15 is 0 Å². The van der Waals surface area contributed by atoms with Gasteiger partial charge in [-0.15, -0.1) is 0 Å². The first-order valence-corrected chi connectivity index (χ1v) is 6.71. The number of fused-ring (bicyclic) bond motifs is 1. The highest BCUT2D eigenvalue weighted by Gasteiger charge is 2.21. The fraction of sp³-hybridized carbons (Fsp3) is 0.308. The zero-order valence-electron chi connectivity index (χ0n) is 9.90. The predicted octanol–water partition coefficient (Wildman–Crippen LogP) is 2.58. The second-order valence-electron chi connectivity index (χ2n) is 4.51. The summed E-state index contributed by atoms with van der Waals surface area (Å²) in [5, 5.41) is 0. The maximum absolute atomic E-state index is 5.57.